The lowest BCUT2D eigenvalue weighted by Crippen LogP contribution is -2.27. The van der Waals surface area contributed by atoms with Crippen LogP contribution >= 0.6 is 34.5 Å². The van der Waals surface area contributed by atoms with Crippen molar-refractivity contribution in [2.45, 2.75) is 18.5 Å². The second kappa shape index (κ2) is 5.57. The largest absolute Gasteiger partial charge is 0.348 e. The van der Waals surface area contributed by atoms with E-state index in [9.17, 15) is 0 Å². The third kappa shape index (κ3) is 2.39. The Balaban J connectivity index is 1.73. The van der Waals surface area contributed by atoms with E-state index in [1.807, 2.05) is 22.9 Å². The van der Waals surface area contributed by atoms with Gasteiger partial charge in [0.15, 0.2) is 0 Å². The molecule has 2 atom stereocenters. The Bertz CT molecular complexity index is 800. The number of nitrogens with zero attached hydrogens (tertiary/aromatic N) is 3. The standard InChI is InChI=1S/C15H12Cl2N4S/c16-10-4-3-9(6-11(10)17)12-7-13(14-2-1-5-22-14)21-15(20-12)18-8-19-21/h1-6,8,12-13H,7H2,(H,18,19,20)/t12-,13+/m0/s1. The molecule has 1 N–H and O–H groups in total. The Hall–Kier alpha value is -1.56. The number of hydrogen-bond acceptors (Lipinski definition) is 4. The summed E-state index contributed by atoms with van der Waals surface area (Å²) in [6, 6.07) is 10.3. The highest BCUT2D eigenvalue weighted by Gasteiger charge is 2.30. The molecule has 4 nitrogen and oxygen atoms in total. The fourth-order valence-corrected chi connectivity index (χ4v) is 3.92. The van der Waals surface area contributed by atoms with Crippen molar-refractivity contribution < 1.29 is 0 Å². The van der Waals surface area contributed by atoms with Gasteiger partial charge < -0.3 is 5.32 Å². The molecule has 1 aliphatic heterocycles. The van der Waals surface area contributed by atoms with Crippen LogP contribution < -0.4 is 5.32 Å². The quantitative estimate of drug-likeness (QED) is 0.722. The van der Waals surface area contributed by atoms with Gasteiger partial charge in [-0.2, -0.15) is 10.1 Å². The van der Waals surface area contributed by atoms with Crippen LogP contribution in [0.2, 0.25) is 10.0 Å². The zero-order chi connectivity index (χ0) is 15.1. The van der Waals surface area contributed by atoms with Gasteiger partial charge in [-0.25, -0.2) is 4.68 Å². The summed E-state index contributed by atoms with van der Waals surface area (Å²) in [5, 5.41) is 11.0. The lowest BCUT2D eigenvalue weighted by atomic mass is 9.97. The summed E-state index contributed by atoms with van der Waals surface area (Å²) in [4.78, 5) is 5.60. The lowest BCUT2D eigenvalue weighted by molar-refractivity contribution is 0.436. The molecule has 0 saturated heterocycles. The van der Waals surface area contributed by atoms with Crippen molar-refractivity contribution in [2.24, 2.45) is 0 Å². The molecule has 0 aliphatic carbocycles. The topological polar surface area (TPSA) is 42.7 Å². The molecule has 1 aromatic carbocycles. The van der Waals surface area contributed by atoms with Crippen molar-refractivity contribution >= 4 is 40.5 Å². The first-order chi connectivity index (χ1) is 10.7. The Labute approximate surface area is 141 Å². The van der Waals surface area contributed by atoms with Gasteiger partial charge in [-0.05, 0) is 35.6 Å². The van der Waals surface area contributed by atoms with Crippen LogP contribution in [0.3, 0.4) is 0 Å². The zero-order valence-electron chi connectivity index (χ0n) is 11.4. The van der Waals surface area contributed by atoms with Crippen LogP contribution in [-0.2, 0) is 0 Å². The van der Waals surface area contributed by atoms with E-state index in [1.165, 1.54) is 4.88 Å². The van der Waals surface area contributed by atoms with Gasteiger partial charge in [-0.15, -0.1) is 11.3 Å². The molecule has 0 unspecified atom stereocenters. The van der Waals surface area contributed by atoms with E-state index in [4.69, 9.17) is 23.2 Å². The molecular weight excluding hydrogens is 339 g/mol. The SMILES string of the molecule is Clc1ccc([C@@H]2C[C@H](c3cccs3)n3ncnc3N2)cc1Cl. The Kier molecular flexibility index (Phi) is 3.56. The molecule has 7 heteroatoms. The third-order valence-corrected chi connectivity index (χ3v) is 5.56. The van der Waals surface area contributed by atoms with E-state index in [1.54, 1.807) is 17.7 Å². The van der Waals surface area contributed by atoms with Gasteiger partial charge in [0, 0.05) is 4.88 Å². The van der Waals surface area contributed by atoms with Gasteiger partial charge in [0.05, 0.1) is 22.1 Å². The third-order valence-electron chi connectivity index (χ3n) is 3.85. The molecule has 0 bridgehead atoms. The minimum absolute atomic E-state index is 0.124. The maximum Gasteiger partial charge on any atom is 0.222 e. The molecule has 0 fully saturated rings. The smallest absolute Gasteiger partial charge is 0.222 e. The number of rotatable bonds is 2. The number of hydrogen-bond donors (Lipinski definition) is 1. The van der Waals surface area contributed by atoms with E-state index >= 15 is 0 Å². The number of halogens is 2. The van der Waals surface area contributed by atoms with Crippen LogP contribution in [0.15, 0.2) is 42.0 Å². The van der Waals surface area contributed by atoms with Crippen molar-refractivity contribution in [1.82, 2.24) is 14.8 Å². The summed E-state index contributed by atoms with van der Waals surface area (Å²) >= 11 is 13.9. The fraction of sp³-hybridized carbons (Fsp3) is 0.200. The van der Waals surface area contributed by atoms with Crippen molar-refractivity contribution in [3.63, 3.8) is 0 Å². The maximum absolute atomic E-state index is 6.16. The van der Waals surface area contributed by atoms with Crippen LogP contribution in [0, 0.1) is 0 Å². The second-order valence-electron chi connectivity index (χ2n) is 5.17. The fourth-order valence-electron chi connectivity index (χ4n) is 2.79. The number of benzene rings is 1. The highest BCUT2D eigenvalue weighted by atomic mass is 35.5. The molecule has 0 radical (unpaired) electrons. The Morgan fingerprint density at radius 3 is 2.91 bits per heavy atom. The van der Waals surface area contributed by atoms with Crippen molar-refractivity contribution in [1.29, 1.82) is 0 Å². The normalized spacial score (nSPS) is 20.5. The highest BCUT2D eigenvalue weighted by molar-refractivity contribution is 7.10. The van der Waals surface area contributed by atoms with Crippen LogP contribution in [0.25, 0.3) is 0 Å². The van der Waals surface area contributed by atoms with E-state index in [0.29, 0.717) is 10.0 Å². The van der Waals surface area contributed by atoms with Gasteiger partial charge in [0.1, 0.15) is 6.33 Å². The predicted octanol–water partition coefficient (Wildman–Crippen LogP) is 4.79. The van der Waals surface area contributed by atoms with Crippen molar-refractivity contribution in [3.05, 3.63) is 62.5 Å². The van der Waals surface area contributed by atoms with Gasteiger partial charge >= 0.3 is 0 Å². The molecule has 1 aliphatic rings. The lowest BCUT2D eigenvalue weighted by Gasteiger charge is -2.31. The monoisotopic (exact) mass is 350 g/mol. The number of anilines is 1. The number of fused-ring (bicyclic) bond motifs is 1. The molecule has 22 heavy (non-hydrogen) atoms. The zero-order valence-corrected chi connectivity index (χ0v) is 13.7. The molecule has 112 valence electrons. The van der Waals surface area contributed by atoms with Gasteiger partial charge in [0.25, 0.3) is 0 Å². The van der Waals surface area contributed by atoms with Crippen molar-refractivity contribution in [3.8, 4) is 0 Å². The molecule has 2 aromatic heterocycles. The van der Waals surface area contributed by atoms with Crippen LogP contribution in [0.4, 0.5) is 5.95 Å². The first-order valence-electron chi connectivity index (χ1n) is 6.87. The van der Waals surface area contributed by atoms with E-state index in [-0.39, 0.29) is 12.1 Å². The molecule has 0 saturated carbocycles. The summed E-state index contributed by atoms with van der Waals surface area (Å²) in [6.45, 7) is 0. The second-order valence-corrected chi connectivity index (χ2v) is 6.96. The Morgan fingerprint density at radius 2 is 2.14 bits per heavy atom. The molecule has 4 rings (SSSR count). The average molecular weight is 351 g/mol. The van der Waals surface area contributed by atoms with E-state index in [2.05, 4.69) is 32.9 Å². The summed E-state index contributed by atoms with van der Waals surface area (Å²) in [7, 11) is 0. The predicted molar refractivity (Wildman–Crippen MR) is 89.9 cm³/mol. The summed E-state index contributed by atoms with van der Waals surface area (Å²) in [5.74, 6) is 0.778. The number of aromatic nitrogens is 3. The molecule has 3 heterocycles. The maximum atomic E-state index is 6.16. The number of nitrogens with one attached hydrogen (secondary N) is 1. The van der Waals surface area contributed by atoms with Gasteiger partial charge in [0.2, 0.25) is 5.95 Å². The molecule has 0 spiro atoms. The van der Waals surface area contributed by atoms with Crippen LogP contribution in [0.5, 0.6) is 0 Å². The summed E-state index contributed by atoms with van der Waals surface area (Å²) in [5.41, 5.74) is 1.10. The summed E-state index contributed by atoms with van der Waals surface area (Å²) in [6.07, 6.45) is 2.47. The van der Waals surface area contributed by atoms with E-state index < -0.39 is 0 Å². The average Bonchev–Trinajstić information content (AvgIpc) is 3.19. The molecule has 3 aromatic rings. The van der Waals surface area contributed by atoms with Crippen LogP contribution in [-0.4, -0.2) is 14.8 Å². The minimum Gasteiger partial charge on any atom is -0.348 e. The van der Waals surface area contributed by atoms with Gasteiger partial charge in [-0.3, -0.25) is 0 Å². The first kappa shape index (κ1) is 14.1. The van der Waals surface area contributed by atoms with Crippen LogP contribution in [0.1, 0.15) is 28.9 Å². The number of thiophene rings is 1. The van der Waals surface area contributed by atoms with E-state index in [0.717, 1.165) is 17.9 Å². The highest BCUT2D eigenvalue weighted by Crippen LogP contribution is 2.39. The van der Waals surface area contributed by atoms with Crippen molar-refractivity contribution in [2.75, 3.05) is 5.32 Å². The summed E-state index contributed by atoms with van der Waals surface area (Å²) < 4.78 is 1.94. The molecule has 0 amide bonds. The van der Waals surface area contributed by atoms with Gasteiger partial charge in [-0.1, -0.05) is 35.3 Å². The molecular formula is C15H12Cl2N4S. The first-order valence-corrected chi connectivity index (χ1v) is 8.50. The minimum atomic E-state index is 0.124. The Morgan fingerprint density at radius 1 is 1.23 bits per heavy atom.